The fourth-order valence-electron chi connectivity index (χ4n) is 0.921. The fraction of sp³-hybridized carbons (Fsp3) is 0.667. The minimum absolute atomic E-state index is 0.231. The van der Waals surface area contributed by atoms with E-state index in [1.54, 1.807) is 0 Å². The van der Waals surface area contributed by atoms with Crippen molar-refractivity contribution >= 4 is 11.9 Å². The van der Waals surface area contributed by atoms with Crippen LogP contribution < -0.4 is 5.32 Å². The van der Waals surface area contributed by atoms with Gasteiger partial charge >= 0.3 is 6.03 Å². The number of likely N-dealkylation sites (N-methyl/N-ethyl adjacent to an activating group) is 1. The van der Waals surface area contributed by atoms with E-state index in [-0.39, 0.29) is 18.5 Å². The van der Waals surface area contributed by atoms with E-state index in [1.807, 2.05) is 0 Å². The first-order valence-electron chi connectivity index (χ1n) is 3.24. The summed E-state index contributed by atoms with van der Waals surface area (Å²) >= 11 is 0. The average Bonchev–Trinajstić information content (AvgIpc) is 2.19. The molecule has 62 valence electrons. The third-order valence-corrected chi connectivity index (χ3v) is 1.56. The van der Waals surface area contributed by atoms with Crippen molar-refractivity contribution in [3.63, 3.8) is 0 Å². The molecule has 1 fully saturated rings. The highest BCUT2D eigenvalue weighted by Gasteiger charge is 2.34. The fourth-order valence-corrected chi connectivity index (χ4v) is 0.921. The maximum absolute atomic E-state index is 11.1. The van der Waals surface area contributed by atoms with E-state index in [0.29, 0.717) is 0 Å². The number of methoxy groups -OCH3 is 1. The third-order valence-electron chi connectivity index (χ3n) is 1.56. The molecule has 0 aliphatic carbocycles. The van der Waals surface area contributed by atoms with Gasteiger partial charge in [0.2, 0.25) is 0 Å². The Hall–Kier alpha value is -1.10. The van der Waals surface area contributed by atoms with E-state index >= 15 is 0 Å². The van der Waals surface area contributed by atoms with Gasteiger partial charge in [-0.3, -0.25) is 9.69 Å². The number of hydrogen-bond acceptors (Lipinski definition) is 3. The molecule has 1 saturated heterocycles. The van der Waals surface area contributed by atoms with Gasteiger partial charge in [0.25, 0.3) is 5.91 Å². The van der Waals surface area contributed by atoms with Crippen molar-refractivity contribution in [2.45, 2.75) is 6.04 Å². The van der Waals surface area contributed by atoms with Crippen molar-refractivity contribution in [2.24, 2.45) is 0 Å². The molecule has 1 heterocycles. The summed E-state index contributed by atoms with van der Waals surface area (Å²) in [5.41, 5.74) is 0. The summed E-state index contributed by atoms with van der Waals surface area (Å²) in [6.07, 6.45) is 0. The maximum atomic E-state index is 11.1. The van der Waals surface area contributed by atoms with Gasteiger partial charge in [-0.15, -0.1) is 0 Å². The number of ether oxygens (including phenoxy) is 1. The molecular formula is C6H10N2O3. The van der Waals surface area contributed by atoms with Crippen molar-refractivity contribution in [2.75, 3.05) is 20.8 Å². The third kappa shape index (κ3) is 1.32. The Labute approximate surface area is 64.3 Å². The van der Waals surface area contributed by atoms with Gasteiger partial charge in [0, 0.05) is 14.2 Å². The van der Waals surface area contributed by atoms with E-state index in [0.717, 1.165) is 4.90 Å². The van der Waals surface area contributed by atoms with Crippen molar-refractivity contribution < 1.29 is 14.3 Å². The highest BCUT2D eigenvalue weighted by atomic mass is 16.5. The number of carbonyl (C=O) groups excluding carboxylic acids is 2. The lowest BCUT2D eigenvalue weighted by atomic mass is 10.3. The molecule has 0 spiro atoms. The molecule has 5 nitrogen and oxygen atoms in total. The van der Waals surface area contributed by atoms with Gasteiger partial charge in [-0.1, -0.05) is 0 Å². The zero-order chi connectivity index (χ0) is 8.43. The molecule has 1 atom stereocenters. The predicted molar refractivity (Wildman–Crippen MR) is 37.0 cm³/mol. The van der Waals surface area contributed by atoms with Crippen LogP contribution in [-0.2, 0) is 9.53 Å². The summed E-state index contributed by atoms with van der Waals surface area (Å²) in [5, 5.41) is 2.47. The Morgan fingerprint density at radius 1 is 1.64 bits per heavy atom. The molecule has 0 bridgehead atoms. The summed E-state index contributed by atoms with van der Waals surface area (Å²) in [6.45, 7) is 0.231. The Balaban J connectivity index is 2.60. The van der Waals surface area contributed by atoms with Crippen molar-refractivity contribution in [1.82, 2.24) is 10.2 Å². The number of carbonyl (C=O) groups is 2. The maximum Gasteiger partial charge on any atom is 0.324 e. The standard InChI is InChI=1S/C6H10N2O3/c1-8-5(9)4(3-11-2)7-6(8)10/h4H,3H2,1-2H3,(H,7,10). The Bertz CT molecular complexity index is 192. The van der Waals surface area contributed by atoms with Crippen LogP contribution in [-0.4, -0.2) is 43.6 Å². The lowest BCUT2D eigenvalue weighted by molar-refractivity contribution is -0.127. The van der Waals surface area contributed by atoms with Gasteiger partial charge in [0.1, 0.15) is 6.04 Å². The van der Waals surface area contributed by atoms with Gasteiger partial charge in [0.15, 0.2) is 0 Å². The molecule has 1 aliphatic heterocycles. The molecule has 0 aromatic heterocycles. The molecule has 1 N–H and O–H groups in total. The second-order valence-corrected chi connectivity index (χ2v) is 2.35. The van der Waals surface area contributed by atoms with Crippen LogP contribution in [0.3, 0.4) is 0 Å². The first kappa shape index (κ1) is 8.00. The molecule has 1 aliphatic rings. The molecule has 1 unspecified atom stereocenters. The van der Waals surface area contributed by atoms with Crippen molar-refractivity contribution in [3.05, 3.63) is 0 Å². The zero-order valence-electron chi connectivity index (χ0n) is 6.46. The molecule has 0 aromatic rings. The first-order chi connectivity index (χ1) is 5.16. The average molecular weight is 158 g/mol. The highest BCUT2D eigenvalue weighted by Crippen LogP contribution is 2.02. The van der Waals surface area contributed by atoms with Gasteiger partial charge in [0.05, 0.1) is 6.61 Å². The van der Waals surface area contributed by atoms with E-state index in [2.05, 4.69) is 5.32 Å². The van der Waals surface area contributed by atoms with Gasteiger partial charge in [-0.05, 0) is 0 Å². The van der Waals surface area contributed by atoms with Crippen LogP contribution in [0.1, 0.15) is 0 Å². The molecular weight excluding hydrogens is 148 g/mol. The predicted octanol–water partition coefficient (Wildman–Crippen LogP) is -0.817. The van der Waals surface area contributed by atoms with Gasteiger partial charge < -0.3 is 10.1 Å². The second kappa shape index (κ2) is 2.87. The SMILES string of the molecule is COCC1NC(=O)N(C)C1=O. The minimum Gasteiger partial charge on any atom is -0.382 e. The normalized spacial score (nSPS) is 24.2. The Morgan fingerprint density at radius 2 is 2.27 bits per heavy atom. The van der Waals surface area contributed by atoms with Crippen LogP contribution in [0.15, 0.2) is 0 Å². The number of imide groups is 1. The number of hydrogen-bond donors (Lipinski definition) is 1. The summed E-state index contributed by atoms with van der Waals surface area (Å²) < 4.78 is 4.73. The van der Waals surface area contributed by atoms with Gasteiger partial charge in [-0.25, -0.2) is 4.79 Å². The summed E-state index contributed by atoms with van der Waals surface area (Å²) in [4.78, 5) is 22.9. The Morgan fingerprint density at radius 3 is 2.64 bits per heavy atom. The Kier molecular flexibility index (Phi) is 2.09. The number of nitrogens with zero attached hydrogens (tertiary/aromatic N) is 1. The van der Waals surface area contributed by atoms with Gasteiger partial charge in [-0.2, -0.15) is 0 Å². The summed E-state index contributed by atoms with van der Waals surface area (Å²) in [6, 6.07) is -0.866. The zero-order valence-corrected chi connectivity index (χ0v) is 6.46. The lowest BCUT2D eigenvalue weighted by Crippen LogP contribution is -2.33. The molecule has 0 radical (unpaired) electrons. The molecule has 0 saturated carbocycles. The smallest absolute Gasteiger partial charge is 0.324 e. The van der Waals surface area contributed by atoms with Crippen molar-refractivity contribution in [1.29, 1.82) is 0 Å². The van der Waals surface area contributed by atoms with E-state index in [9.17, 15) is 9.59 Å². The monoisotopic (exact) mass is 158 g/mol. The minimum atomic E-state index is -0.502. The highest BCUT2D eigenvalue weighted by molar-refractivity contribution is 6.03. The first-order valence-corrected chi connectivity index (χ1v) is 3.24. The molecule has 5 heteroatoms. The number of urea groups is 1. The number of nitrogens with one attached hydrogen (secondary N) is 1. The summed E-state index contributed by atoms with van der Waals surface area (Å²) in [5.74, 6) is -0.239. The topological polar surface area (TPSA) is 58.6 Å². The molecule has 3 amide bonds. The van der Waals surface area contributed by atoms with E-state index in [1.165, 1.54) is 14.2 Å². The molecule has 0 aromatic carbocycles. The van der Waals surface area contributed by atoms with Crippen LogP contribution in [0.4, 0.5) is 4.79 Å². The van der Waals surface area contributed by atoms with Crippen molar-refractivity contribution in [3.8, 4) is 0 Å². The number of rotatable bonds is 2. The quantitative estimate of drug-likeness (QED) is 0.534. The van der Waals surface area contributed by atoms with Crippen LogP contribution >= 0.6 is 0 Å². The molecule has 1 rings (SSSR count). The van der Waals surface area contributed by atoms with E-state index < -0.39 is 6.04 Å². The van der Waals surface area contributed by atoms with Crippen LogP contribution in [0, 0.1) is 0 Å². The van der Waals surface area contributed by atoms with Crippen LogP contribution in [0.25, 0.3) is 0 Å². The second-order valence-electron chi connectivity index (χ2n) is 2.35. The summed E-state index contributed by atoms with van der Waals surface area (Å²) in [7, 11) is 2.92. The lowest BCUT2D eigenvalue weighted by Gasteiger charge is -2.04. The number of amides is 3. The molecule has 11 heavy (non-hydrogen) atoms. The van der Waals surface area contributed by atoms with Crippen LogP contribution in [0.2, 0.25) is 0 Å². The van der Waals surface area contributed by atoms with Crippen LogP contribution in [0.5, 0.6) is 0 Å². The largest absolute Gasteiger partial charge is 0.382 e. The van der Waals surface area contributed by atoms with E-state index in [4.69, 9.17) is 4.74 Å².